The molecule has 2 aromatic rings. The van der Waals surface area contributed by atoms with Gasteiger partial charge in [-0.25, -0.2) is 0 Å². The summed E-state index contributed by atoms with van der Waals surface area (Å²) in [4.78, 5) is 2.58. The van der Waals surface area contributed by atoms with Gasteiger partial charge in [-0.05, 0) is 74.8 Å². The summed E-state index contributed by atoms with van der Waals surface area (Å²) in [5.74, 6) is 1.64. The SMILES string of the molecule is Oc1ccc2c3c1O[C@H]1[C@H](Nc4ccccc4)CC[C@@]4(O)[C@@H](C2)N(CC2CC2)CC[C@]314. The molecule has 2 aromatic carbocycles. The standard InChI is InChI=1S/C26H30N2O3/c29-20-9-8-17-14-21-26(30)11-10-19(27-18-4-2-1-3-5-18)24-25(26,22(17)23(20)31-24)12-13-28(21)15-16-6-7-16/h1-5,8-9,16,19,21,24,27,29-30H,6-7,10-15H2/t19-,21-,24+,25+,26-/m1/s1. The van der Waals surface area contributed by atoms with E-state index in [1.54, 1.807) is 6.07 Å². The smallest absolute Gasteiger partial charge is 0.165 e. The number of aliphatic hydroxyl groups is 1. The van der Waals surface area contributed by atoms with Gasteiger partial charge in [-0.1, -0.05) is 24.3 Å². The summed E-state index contributed by atoms with van der Waals surface area (Å²) >= 11 is 0. The van der Waals surface area contributed by atoms with Gasteiger partial charge in [0, 0.05) is 23.8 Å². The van der Waals surface area contributed by atoms with Crippen LogP contribution in [0.5, 0.6) is 11.5 Å². The third-order valence-corrected chi connectivity index (χ3v) is 8.89. The second kappa shape index (κ2) is 6.17. The highest BCUT2D eigenvalue weighted by Crippen LogP contribution is 2.65. The first-order valence-corrected chi connectivity index (χ1v) is 11.9. The minimum atomic E-state index is -0.814. The molecule has 7 rings (SSSR count). The Bertz CT molecular complexity index is 1040. The van der Waals surface area contributed by atoms with E-state index in [4.69, 9.17) is 4.74 Å². The van der Waals surface area contributed by atoms with Crippen LogP contribution in [0.15, 0.2) is 42.5 Å². The largest absolute Gasteiger partial charge is 0.504 e. The molecule has 5 heteroatoms. The topological polar surface area (TPSA) is 65.0 Å². The zero-order valence-corrected chi connectivity index (χ0v) is 17.8. The van der Waals surface area contributed by atoms with Gasteiger partial charge < -0.3 is 20.3 Å². The summed E-state index contributed by atoms with van der Waals surface area (Å²) in [6.45, 7) is 2.11. The minimum Gasteiger partial charge on any atom is -0.504 e. The monoisotopic (exact) mass is 418 g/mol. The zero-order valence-electron chi connectivity index (χ0n) is 17.8. The van der Waals surface area contributed by atoms with Crippen molar-refractivity contribution in [3.63, 3.8) is 0 Å². The fourth-order valence-electron chi connectivity index (χ4n) is 7.38. The molecule has 2 saturated carbocycles. The zero-order chi connectivity index (χ0) is 20.8. The van der Waals surface area contributed by atoms with E-state index in [0.717, 1.165) is 55.9 Å². The number of nitrogens with zero attached hydrogens (tertiary/aromatic N) is 1. The molecule has 3 fully saturated rings. The van der Waals surface area contributed by atoms with Gasteiger partial charge in [0.25, 0.3) is 0 Å². The second-order valence-electron chi connectivity index (χ2n) is 10.4. The number of hydrogen-bond donors (Lipinski definition) is 3. The molecule has 5 nitrogen and oxygen atoms in total. The molecular formula is C26H30N2O3. The Balaban J connectivity index is 1.35. The summed E-state index contributed by atoms with van der Waals surface area (Å²) in [7, 11) is 0. The molecule has 5 atom stereocenters. The molecule has 0 radical (unpaired) electrons. The molecule has 31 heavy (non-hydrogen) atoms. The number of benzene rings is 2. The number of ether oxygens (including phenoxy) is 1. The Morgan fingerprint density at radius 1 is 1.06 bits per heavy atom. The maximum atomic E-state index is 12.5. The number of aromatic hydroxyl groups is 1. The Kier molecular flexibility index (Phi) is 3.65. The van der Waals surface area contributed by atoms with Crippen LogP contribution in [0.4, 0.5) is 5.69 Å². The lowest BCUT2D eigenvalue weighted by Gasteiger charge is -2.64. The van der Waals surface area contributed by atoms with Gasteiger partial charge in [0.2, 0.25) is 0 Å². The summed E-state index contributed by atoms with van der Waals surface area (Å²) in [5.41, 5.74) is 2.17. The van der Waals surface area contributed by atoms with E-state index in [-0.39, 0.29) is 23.9 Å². The number of anilines is 1. The molecular weight excluding hydrogens is 388 g/mol. The highest BCUT2D eigenvalue weighted by atomic mass is 16.5. The van der Waals surface area contributed by atoms with Crippen molar-refractivity contribution in [2.45, 2.75) is 67.7 Å². The van der Waals surface area contributed by atoms with Crippen molar-refractivity contribution in [1.82, 2.24) is 4.90 Å². The van der Waals surface area contributed by atoms with Gasteiger partial charge >= 0.3 is 0 Å². The van der Waals surface area contributed by atoms with E-state index in [1.165, 1.54) is 18.4 Å². The van der Waals surface area contributed by atoms with Crippen LogP contribution >= 0.6 is 0 Å². The van der Waals surface area contributed by atoms with Crippen LogP contribution in [0, 0.1) is 5.92 Å². The van der Waals surface area contributed by atoms with Gasteiger partial charge in [0.15, 0.2) is 11.5 Å². The molecule has 1 saturated heterocycles. The number of phenolic OH excluding ortho intramolecular Hbond substituents is 1. The predicted octanol–water partition coefficient (Wildman–Crippen LogP) is 3.44. The van der Waals surface area contributed by atoms with Gasteiger partial charge in [-0.2, -0.15) is 0 Å². The van der Waals surface area contributed by atoms with E-state index in [0.29, 0.717) is 5.75 Å². The van der Waals surface area contributed by atoms with Gasteiger partial charge in [-0.3, -0.25) is 4.90 Å². The Morgan fingerprint density at radius 3 is 2.71 bits per heavy atom. The fourth-order valence-corrected chi connectivity index (χ4v) is 7.38. The maximum Gasteiger partial charge on any atom is 0.165 e. The molecule has 2 aliphatic heterocycles. The van der Waals surface area contributed by atoms with Crippen LogP contribution in [0.1, 0.15) is 43.2 Å². The van der Waals surface area contributed by atoms with Crippen molar-refractivity contribution in [2.75, 3.05) is 18.4 Å². The number of para-hydroxylation sites is 1. The molecule has 0 aromatic heterocycles. The van der Waals surface area contributed by atoms with E-state index < -0.39 is 11.0 Å². The quantitative estimate of drug-likeness (QED) is 0.710. The van der Waals surface area contributed by atoms with Crippen LogP contribution in [0.25, 0.3) is 0 Å². The van der Waals surface area contributed by atoms with Gasteiger partial charge in [-0.15, -0.1) is 0 Å². The molecule has 5 aliphatic rings. The van der Waals surface area contributed by atoms with Crippen LogP contribution in [0.3, 0.4) is 0 Å². The Morgan fingerprint density at radius 2 is 1.90 bits per heavy atom. The summed E-state index contributed by atoms with van der Waals surface area (Å²) < 4.78 is 6.60. The highest BCUT2D eigenvalue weighted by molar-refractivity contribution is 5.63. The molecule has 2 bridgehead atoms. The van der Waals surface area contributed by atoms with E-state index in [1.807, 2.05) is 18.2 Å². The minimum absolute atomic E-state index is 0.0936. The number of rotatable bonds is 4. The third-order valence-electron chi connectivity index (χ3n) is 8.89. The lowest BCUT2D eigenvalue weighted by atomic mass is 9.48. The number of phenols is 1. The maximum absolute atomic E-state index is 12.5. The highest BCUT2D eigenvalue weighted by Gasteiger charge is 2.73. The summed E-state index contributed by atoms with van der Waals surface area (Å²) in [6, 6.07) is 14.4. The van der Waals surface area contributed by atoms with E-state index in [2.05, 4.69) is 28.4 Å². The van der Waals surface area contributed by atoms with Crippen molar-refractivity contribution in [2.24, 2.45) is 5.92 Å². The first-order chi connectivity index (χ1) is 15.1. The summed E-state index contributed by atoms with van der Waals surface area (Å²) in [5, 5.41) is 26.9. The number of likely N-dealkylation sites (tertiary alicyclic amines) is 1. The molecule has 2 heterocycles. The normalized spacial score (nSPS) is 37.8. The van der Waals surface area contributed by atoms with E-state index in [9.17, 15) is 10.2 Å². The predicted molar refractivity (Wildman–Crippen MR) is 119 cm³/mol. The lowest BCUT2D eigenvalue weighted by Crippen LogP contribution is -2.77. The lowest BCUT2D eigenvalue weighted by molar-refractivity contribution is -0.187. The van der Waals surface area contributed by atoms with Gasteiger partial charge in [0.05, 0.1) is 17.1 Å². The third kappa shape index (κ3) is 2.34. The van der Waals surface area contributed by atoms with Crippen molar-refractivity contribution < 1.29 is 14.9 Å². The molecule has 3 N–H and O–H groups in total. The number of nitrogens with one attached hydrogen (secondary N) is 1. The van der Waals surface area contributed by atoms with Crippen LogP contribution in [0.2, 0.25) is 0 Å². The Hall–Kier alpha value is -2.24. The van der Waals surface area contributed by atoms with Crippen molar-refractivity contribution >= 4 is 5.69 Å². The molecule has 162 valence electrons. The van der Waals surface area contributed by atoms with Crippen LogP contribution in [-0.4, -0.2) is 52.0 Å². The molecule has 1 spiro atoms. The van der Waals surface area contributed by atoms with Crippen molar-refractivity contribution in [3.8, 4) is 11.5 Å². The number of piperidine rings is 1. The van der Waals surface area contributed by atoms with E-state index >= 15 is 0 Å². The fraction of sp³-hybridized carbons (Fsp3) is 0.538. The van der Waals surface area contributed by atoms with Gasteiger partial charge in [0.1, 0.15) is 6.10 Å². The molecule has 0 amide bonds. The van der Waals surface area contributed by atoms with Crippen molar-refractivity contribution in [1.29, 1.82) is 0 Å². The number of hydrogen-bond acceptors (Lipinski definition) is 5. The average Bonchev–Trinajstić information content (AvgIpc) is 3.51. The molecule has 0 unspecified atom stereocenters. The van der Waals surface area contributed by atoms with Crippen LogP contribution in [-0.2, 0) is 11.8 Å². The first kappa shape index (κ1) is 18.3. The second-order valence-corrected chi connectivity index (χ2v) is 10.4. The molecule has 3 aliphatic carbocycles. The average molecular weight is 419 g/mol. The Labute approximate surface area is 183 Å². The first-order valence-electron chi connectivity index (χ1n) is 11.9. The van der Waals surface area contributed by atoms with Crippen LogP contribution < -0.4 is 10.1 Å². The summed E-state index contributed by atoms with van der Waals surface area (Å²) in [6.07, 6.45) is 5.83. The van der Waals surface area contributed by atoms with Crippen molar-refractivity contribution in [3.05, 3.63) is 53.6 Å².